The van der Waals surface area contributed by atoms with Crippen molar-refractivity contribution in [3.63, 3.8) is 0 Å². The Morgan fingerprint density at radius 3 is 2.81 bits per heavy atom. The molecule has 1 aliphatic rings. The van der Waals surface area contributed by atoms with Gasteiger partial charge < -0.3 is 4.57 Å². The number of hydrogen-bond donors (Lipinski definition) is 1. The van der Waals surface area contributed by atoms with Gasteiger partial charge in [-0.2, -0.15) is 0 Å². The van der Waals surface area contributed by atoms with E-state index in [0.29, 0.717) is 18.0 Å². The van der Waals surface area contributed by atoms with E-state index in [1.54, 1.807) is 36.5 Å². The summed E-state index contributed by atoms with van der Waals surface area (Å²) < 4.78 is 28.9. The van der Waals surface area contributed by atoms with E-state index < -0.39 is 10.0 Å². The number of fused-ring (bicyclic) bond motifs is 1. The molecular weight excluding hydrogens is 288 g/mol. The molecule has 0 fully saturated rings. The van der Waals surface area contributed by atoms with Gasteiger partial charge in [-0.15, -0.1) is 0 Å². The lowest BCUT2D eigenvalue weighted by molar-refractivity contribution is 0.221. The van der Waals surface area contributed by atoms with Crippen molar-refractivity contribution in [1.82, 2.24) is 19.2 Å². The molecule has 0 saturated carbocycles. The Morgan fingerprint density at radius 2 is 2.00 bits per heavy atom. The van der Waals surface area contributed by atoms with Crippen LogP contribution in [-0.2, 0) is 23.1 Å². The molecule has 0 radical (unpaired) electrons. The first-order chi connectivity index (χ1) is 10.1. The van der Waals surface area contributed by atoms with Crippen molar-refractivity contribution < 1.29 is 8.42 Å². The molecule has 3 rings (SSSR count). The number of nitrogens with one attached hydrogen (secondary N) is 1. The number of imidazole rings is 1. The second kappa shape index (κ2) is 5.97. The molecular formula is C14H18N4O2S. The van der Waals surface area contributed by atoms with E-state index in [1.807, 2.05) is 6.20 Å². The third kappa shape index (κ3) is 3.31. The van der Waals surface area contributed by atoms with Gasteiger partial charge in [0.2, 0.25) is 10.0 Å². The summed E-state index contributed by atoms with van der Waals surface area (Å²) in [6.45, 7) is 3.66. The van der Waals surface area contributed by atoms with Gasteiger partial charge in [0.1, 0.15) is 5.82 Å². The first kappa shape index (κ1) is 14.2. The average molecular weight is 306 g/mol. The molecule has 1 aromatic carbocycles. The second-order valence-corrected chi connectivity index (χ2v) is 6.79. The van der Waals surface area contributed by atoms with Crippen molar-refractivity contribution in [3.8, 4) is 0 Å². The predicted octanol–water partition coefficient (Wildman–Crippen LogP) is 0.677. The molecule has 0 bridgehead atoms. The van der Waals surface area contributed by atoms with Gasteiger partial charge in [-0.25, -0.2) is 18.1 Å². The van der Waals surface area contributed by atoms with E-state index in [-0.39, 0.29) is 0 Å². The Kier molecular flexibility index (Phi) is 4.05. The molecule has 0 amide bonds. The fourth-order valence-corrected chi connectivity index (χ4v) is 3.48. The highest BCUT2D eigenvalue weighted by atomic mass is 32.2. The van der Waals surface area contributed by atoms with Gasteiger partial charge in [0.05, 0.1) is 11.4 Å². The number of hydrogen-bond acceptors (Lipinski definition) is 4. The first-order valence-electron chi connectivity index (χ1n) is 6.92. The van der Waals surface area contributed by atoms with E-state index in [1.165, 1.54) is 0 Å². The van der Waals surface area contributed by atoms with Gasteiger partial charge in [0.15, 0.2) is 0 Å². The van der Waals surface area contributed by atoms with E-state index in [2.05, 4.69) is 19.2 Å². The summed E-state index contributed by atoms with van der Waals surface area (Å²) in [7, 11) is -3.41. The average Bonchev–Trinajstić information content (AvgIpc) is 2.95. The maximum Gasteiger partial charge on any atom is 0.240 e. The van der Waals surface area contributed by atoms with Crippen LogP contribution in [0.2, 0.25) is 0 Å². The Labute approximate surface area is 124 Å². The summed E-state index contributed by atoms with van der Waals surface area (Å²) in [6, 6.07) is 8.44. The van der Waals surface area contributed by atoms with Gasteiger partial charge in [0.25, 0.3) is 0 Å². The maximum absolute atomic E-state index is 12.1. The van der Waals surface area contributed by atoms with Crippen LogP contribution in [-0.4, -0.2) is 42.5 Å². The van der Waals surface area contributed by atoms with Crippen LogP contribution in [0.4, 0.5) is 0 Å². The number of sulfonamides is 1. The lowest BCUT2D eigenvalue weighted by Crippen LogP contribution is -2.39. The minimum atomic E-state index is -3.41. The zero-order chi connectivity index (χ0) is 14.7. The molecule has 2 heterocycles. The van der Waals surface area contributed by atoms with Crippen LogP contribution in [0.15, 0.2) is 47.6 Å². The molecule has 2 aromatic rings. The topological polar surface area (TPSA) is 67.2 Å². The van der Waals surface area contributed by atoms with Crippen molar-refractivity contribution in [3.05, 3.63) is 48.5 Å². The Hall–Kier alpha value is -1.70. The SMILES string of the molecule is O=S(=O)(NCCN1CCn2ccnc2C1)c1ccccc1. The summed E-state index contributed by atoms with van der Waals surface area (Å²) in [4.78, 5) is 6.80. The summed E-state index contributed by atoms with van der Waals surface area (Å²) in [5, 5.41) is 0. The molecule has 0 saturated heterocycles. The largest absolute Gasteiger partial charge is 0.333 e. The van der Waals surface area contributed by atoms with Crippen molar-refractivity contribution in [2.45, 2.75) is 18.0 Å². The number of benzene rings is 1. The van der Waals surface area contributed by atoms with Crippen LogP contribution in [0.1, 0.15) is 5.82 Å². The van der Waals surface area contributed by atoms with Crippen molar-refractivity contribution in [2.75, 3.05) is 19.6 Å². The highest BCUT2D eigenvalue weighted by Crippen LogP contribution is 2.10. The molecule has 6 nitrogen and oxygen atoms in total. The third-order valence-corrected chi connectivity index (χ3v) is 5.07. The second-order valence-electron chi connectivity index (χ2n) is 5.02. The Balaban J connectivity index is 1.53. The molecule has 21 heavy (non-hydrogen) atoms. The third-order valence-electron chi connectivity index (χ3n) is 3.60. The highest BCUT2D eigenvalue weighted by molar-refractivity contribution is 7.89. The minimum Gasteiger partial charge on any atom is -0.333 e. The quantitative estimate of drug-likeness (QED) is 0.882. The number of aromatic nitrogens is 2. The van der Waals surface area contributed by atoms with Crippen LogP contribution >= 0.6 is 0 Å². The zero-order valence-electron chi connectivity index (χ0n) is 11.6. The van der Waals surface area contributed by atoms with Crippen molar-refractivity contribution in [1.29, 1.82) is 0 Å². The predicted molar refractivity (Wildman–Crippen MR) is 79.1 cm³/mol. The Bertz CT molecular complexity index is 697. The smallest absolute Gasteiger partial charge is 0.240 e. The lowest BCUT2D eigenvalue weighted by Gasteiger charge is -2.27. The summed E-state index contributed by atoms with van der Waals surface area (Å²) >= 11 is 0. The summed E-state index contributed by atoms with van der Waals surface area (Å²) in [5.41, 5.74) is 0. The fraction of sp³-hybridized carbons (Fsp3) is 0.357. The van der Waals surface area contributed by atoms with Crippen LogP contribution < -0.4 is 4.72 Å². The van der Waals surface area contributed by atoms with Crippen LogP contribution in [0.25, 0.3) is 0 Å². The molecule has 1 aliphatic heterocycles. The lowest BCUT2D eigenvalue weighted by atomic mass is 10.3. The minimum absolute atomic E-state index is 0.305. The monoisotopic (exact) mass is 306 g/mol. The van der Waals surface area contributed by atoms with Gasteiger partial charge in [-0.1, -0.05) is 18.2 Å². The van der Waals surface area contributed by atoms with Gasteiger partial charge >= 0.3 is 0 Å². The highest BCUT2D eigenvalue weighted by Gasteiger charge is 2.17. The number of nitrogens with zero attached hydrogens (tertiary/aromatic N) is 3. The van der Waals surface area contributed by atoms with Crippen LogP contribution in [0, 0.1) is 0 Å². The zero-order valence-corrected chi connectivity index (χ0v) is 12.5. The number of rotatable bonds is 5. The molecule has 0 spiro atoms. The molecule has 0 atom stereocenters. The van der Waals surface area contributed by atoms with Gasteiger partial charge in [-0.3, -0.25) is 4.90 Å². The maximum atomic E-state index is 12.1. The van der Waals surface area contributed by atoms with E-state index >= 15 is 0 Å². The van der Waals surface area contributed by atoms with Crippen molar-refractivity contribution in [2.24, 2.45) is 0 Å². The molecule has 1 N–H and O–H groups in total. The molecule has 7 heteroatoms. The molecule has 0 aliphatic carbocycles. The summed E-state index contributed by atoms with van der Waals surface area (Å²) in [5.74, 6) is 1.03. The molecule has 0 unspecified atom stereocenters. The van der Waals surface area contributed by atoms with Crippen molar-refractivity contribution >= 4 is 10.0 Å². The van der Waals surface area contributed by atoms with Gasteiger partial charge in [-0.05, 0) is 12.1 Å². The van der Waals surface area contributed by atoms with E-state index in [9.17, 15) is 8.42 Å². The Morgan fingerprint density at radius 1 is 1.19 bits per heavy atom. The van der Waals surface area contributed by atoms with Gasteiger partial charge in [0, 0.05) is 38.6 Å². The normalized spacial score (nSPS) is 15.8. The summed E-state index contributed by atoms with van der Waals surface area (Å²) in [6.07, 6.45) is 3.78. The fourth-order valence-electron chi connectivity index (χ4n) is 2.44. The molecule has 112 valence electrons. The first-order valence-corrected chi connectivity index (χ1v) is 8.40. The van der Waals surface area contributed by atoms with E-state index in [0.717, 1.165) is 25.5 Å². The van der Waals surface area contributed by atoms with Crippen LogP contribution in [0.5, 0.6) is 0 Å². The molecule has 1 aromatic heterocycles. The van der Waals surface area contributed by atoms with E-state index in [4.69, 9.17) is 0 Å². The van der Waals surface area contributed by atoms with Crippen LogP contribution in [0.3, 0.4) is 0 Å². The standard InChI is InChI=1S/C14H18N4O2S/c19-21(20,13-4-2-1-3-5-13)16-7-8-17-10-11-18-9-6-15-14(18)12-17/h1-6,9,16H,7-8,10-12H2.